The van der Waals surface area contributed by atoms with Crippen LogP contribution in [0.25, 0.3) is 11.3 Å². The van der Waals surface area contributed by atoms with Crippen LogP contribution in [0.1, 0.15) is 11.4 Å². The predicted molar refractivity (Wildman–Crippen MR) is 64.0 cm³/mol. The summed E-state index contributed by atoms with van der Waals surface area (Å²) in [5, 5.41) is 12.1. The van der Waals surface area contributed by atoms with Crippen molar-refractivity contribution in [2.45, 2.75) is 13.1 Å². The number of hydrogen-bond donors (Lipinski definition) is 1. The standard InChI is InChI=1S/C13H11FN4/c14-11-4-9(6-15)3-10(5-11)12-7-17-13-8-16-1-2-18(12)13/h3-5,7,16H,1-2,8H2. The van der Waals surface area contributed by atoms with Gasteiger partial charge in [-0.15, -0.1) is 0 Å². The normalized spacial score (nSPS) is 14.0. The Labute approximate surface area is 104 Å². The van der Waals surface area contributed by atoms with Crippen molar-refractivity contribution in [2.24, 2.45) is 0 Å². The fraction of sp³-hybridized carbons (Fsp3) is 0.231. The summed E-state index contributed by atoms with van der Waals surface area (Å²) >= 11 is 0. The summed E-state index contributed by atoms with van der Waals surface area (Å²) in [7, 11) is 0. The van der Waals surface area contributed by atoms with E-state index in [1.807, 2.05) is 6.07 Å². The molecule has 0 radical (unpaired) electrons. The summed E-state index contributed by atoms with van der Waals surface area (Å²) in [4.78, 5) is 4.31. The first-order valence-electron chi connectivity index (χ1n) is 5.74. The van der Waals surface area contributed by atoms with Gasteiger partial charge in [0, 0.05) is 18.7 Å². The third kappa shape index (κ3) is 1.77. The molecule has 0 bridgehead atoms. The molecule has 4 nitrogen and oxygen atoms in total. The summed E-state index contributed by atoms with van der Waals surface area (Å²) in [6, 6.07) is 6.33. The van der Waals surface area contributed by atoms with Gasteiger partial charge in [0.2, 0.25) is 0 Å². The lowest BCUT2D eigenvalue weighted by Gasteiger charge is -2.17. The summed E-state index contributed by atoms with van der Waals surface area (Å²) in [6.07, 6.45) is 1.73. The molecule has 1 aromatic heterocycles. The number of nitrogens with one attached hydrogen (secondary N) is 1. The van der Waals surface area contributed by atoms with E-state index in [0.717, 1.165) is 31.2 Å². The van der Waals surface area contributed by atoms with Crippen LogP contribution >= 0.6 is 0 Å². The molecule has 1 N–H and O–H groups in total. The highest BCUT2D eigenvalue weighted by Crippen LogP contribution is 2.24. The van der Waals surface area contributed by atoms with Crippen LogP contribution in [0, 0.1) is 17.1 Å². The maximum absolute atomic E-state index is 13.4. The summed E-state index contributed by atoms with van der Waals surface area (Å²) in [5.74, 6) is 0.549. The molecule has 18 heavy (non-hydrogen) atoms. The number of fused-ring (bicyclic) bond motifs is 1. The monoisotopic (exact) mass is 242 g/mol. The second-order valence-corrected chi connectivity index (χ2v) is 4.23. The van der Waals surface area contributed by atoms with E-state index in [-0.39, 0.29) is 0 Å². The fourth-order valence-electron chi connectivity index (χ4n) is 2.23. The molecule has 5 heteroatoms. The molecule has 0 atom stereocenters. The molecule has 2 aromatic rings. The van der Waals surface area contributed by atoms with Crippen LogP contribution in [0.5, 0.6) is 0 Å². The first-order chi connectivity index (χ1) is 8.78. The Hall–Kier alpha value is -2.19. The Morgan fingerprint density at radius 3 is 3.11 bits per heavy atom. The zero-order chi connectivity index (χ0) is 12.5. The maximum atomic E-state index is 13.4. The van der Waals surface area contributed by atoms with Crippen LogP contribution in [0.4, 0.5) is 4.39 Å². The highest BCUT2D eigenvalue weighted by molar-refractivity contribution is 5.62. The smallest absolute Gasteiger partial charge is 0.125 e. The number of hydrogen-bond acceptors (Lipinski definition) is 3. The highest BCUT2D eigenvalue weighted by Gasteiger charge is 2.15. The van der Waals surface area contributed by atoms with E-state index in [4.69, 9.17) is 5.26 Å². The van der Waals surface area contributed by atoms with Gasteiger partial charge in [-0.25, -0.2) is 9.37 Å². The largest absolute Gasteiger partial charge is 0.326 e. The van der Waals surface area contributed by atoms with Crippen molar-refractivity contribution in [1.82, 2.24) is 14.9 Å². The van der Waals surface area contributed by atoms with Crippen molar-refractivity contribution in [2.75, 3.05) is 6.54 Å². The summed E-state index contributed by atoms with van der Waals surface area (Å²) < 4.78 is 15.5. The molecule has 2 heterocycles. The lowest BCUT2D eigenvalue weighted by atomic mass is 10.1. The Balaban J connectivity index is 2.13. The minimum Gasteiger partial charge on any atom is -0.326 e. The van der Waals surface area contributed by atoms with Crippen LogP contribution in [0.3, 0.4) is 0 Å². The third-order valence-corrected chi connectivity index (χ3v) is 3.06. The molecule has 1 aromatic carbocycles. The van der Waals surface area contributed by atoms with Crippen LogP contribution in [0.15, 0.2) is 24.4 Å². The van der Waals surface area contributed by atoms with E-state index in [1.54, 1.807) is 12.3 Å². The molecule has 1 aliphatic rings. The van der Waals surface area contributed by atoms with Gasteiger partial charge in [-0.3, -0.25) is 0 Å². The van der Waals surface area contributed by atoms with Crippen LogP contribution in [-0.2, 0) is 13.1 Å². The van der Waals surface area contributed by atoms with Crippen LogP contribution < -0.4 is 5.32 Å². The topological polar surface area (TPSA) is 53.6 Å². The second-order valence-electron chi connectivity index (χ2n) is 4.23. The fourth-order valence-corrected chi connectivity index (χ4v) is 2.23. The molecule has 0 spiro atoms. The van der Waals surface area contributed by atoms with Crippen molar-refractivity contribution in [3.8, 4) is 17.3 Å². The van der Waals surface area contributed by atoms with Crippen molar-refractivity contribution < 1.29 is 4.39 Å². The van der Waals surface area contributed by atoms with Gasteiger partial charge in [-0.1, -0.05) is 0 Å². The van der Waals surface area contributed by atoms with Crippen LogP contribution in [0.2, 0.25) is 0 Å². The Kier molecular flexibility index (Phi) is 2.58. The van der Waals surface area contributed by atoms with Gasteiger partial charge in [0.15, 0.2) is 0 Å². The summed E-state index contributed by atoms with van der Waals surface area (Å²) in [5.41, 5.74) is 1.89. The number of nitriles is 1. The zero-order valence-electron chi connectivity index (χ0n) is 9.65. The van der Waals surface area contributed by atoms with Gasteiger partial charge >= 0.3 is 0 Å². The molecular weight excluding hydrogens is 231 g/mol. The second kappa shape index (κ2) is 4.24. The van der Waals surface area contributed by atoms with E-state index < -0.39 is 5.82 Å². The first kappa shape index (κ1) is 10.9. The van der Waals surface area contributed by atoms with E-state index in [9.17, 15) is 4.39 Å². The van der Waals surface area contributed by atoms with E-state index in [1.165, 1.54) is 12.1 Å². The van der Waals surface area contributed by atoms with Gasteiger partial charge in [0.1, 0.15) is 11.6 Å². The van der Waals surface area contributed by atoms with Crippen molar-refractivity contribution >= 4 is 0 Å². The molecule has 90 valence electrons. The van der Waals surface area contributed by atoms with E-state index in [2.05, 4.69) is 14.9 Å². The number of imidazole rings is 1. The molecular formula is C13H11FN4. The molecule has 0 aliphatic carbocycles. The Morgan fingerprint density at radius 1 is 1.39 bits per heavy atom. The first-order valence-corrected chi connectivity index (χ1v) is 5.74. The Bertz CT molecular complexity index is 639. The molecule has 1 aliphatic heterocycles. The van der Waals surface area contributed by atoms with E-state index in [0.29, 0.717) is 11.1 Å². The Morgan fingerprint density at radius 2 is 2.28 bits per heavy atom. The predicted octanol–water partition coefficient (Wildman–Crippen LogP) is 1.66. The van der Waals surface area contributed by atoms with Crippen molar-refractivity contribution in [1.29, 1.82) is 5.26 Å². The SMILES string of the molecule is N#Cc1cc(F)cc(-c2cnc3n2CCNC3)c1. The molecule has 0 saturated heterocycles. The number of halogens is 1. The number of aromatic nitrogens is 2. The number of rotatable bonds is 1. The minimum atomic E-state index is -0.395. The average Bonchev–Trinajstić information content (AvgIpc) is 2.81. The van der Waals surface area contributed by atoms with Gasteiger partial charge in [0.25, 0.3) is 0 Å². The van der Waals surface area contributed by atoms with Gasteiger partial charge in [-0.05, 0) is 18.2 Å². The minimum absolute atomic E-state index is 0.328. The quantitative estimate of drug-likeness (QED) is 0.827. The average molecular weight is 242 g/mol. The lowest BCUT2D eigenvalue weighted by Crippen LogP contribution is -2.28. The molecule has 3 rings (SSSR count). The molecule has 0 unspecified atom stereocenters. The zero-order valence-corrected chi connectivity index (χ0v) is 9.65. The van der Waals surface area contributed by atoms with Crippen molar-refractivity contribution in [3.63, 3.8) is 0 Å². The third-order valence-electron chi connectivity index (χ3n) is 3.06. The van der Waals surface area contributed by atoms with Crippen molar-refractivity contribution in [3.05, 3.63) is 41.6 Å². The number of nitrogens with zero attached hydrogens (tertiary/aromatic N) is 3. The van der Waals surface area contributed by atoms with Gasteiger partial charge in [-0.2, -0.15) is 5.26 Å². The molecule has 0 saturated carbocycles. The van der Waals surface area contributed by atoms with E-state index >= 15 is 0 Å². The lowest BCUT2D eigenvalue weighted by molar-refractivity contribution is 0.508. The summed E-state index contributed by atoms with van der Waals surface area (Å²) in [6.45, 7) is 2.40. The maximum Gasteiger partial charge on any atom is 0.125 e. The van der Waals surface area contributed by atoms with Gasteiger partial charge in [0.05, 0.1) is 30.1 Å². The van der Waals surface area contributed by atoms with Gasteiger partial charge < -0.3 is 9.88 Å². The molecule has 0 fully saturated rings. The van der Waals surface area contributed by atoms with Crippen LogP contribution in [-0.4, -0.2) is 16.1 Å². The number of benzene rings is 1. The highest BCUT2D eigenvalue weighted by atomic mass is 19.1. The molecule has 0 amide bonds.